The van der Waals surface area contributed by atoms with Gasteiger partial charge in [0.05, 0.1) is 18.0 Å². The molecule has 96 valence electrons. The van der Waals surface area contributed by atoms with Crippen LogP contribution >= 0.6 is 11.3 Å². The van der Waals surface area contributed by atoms with Crippen LogP contribution in [-0.2, 0) is 16.1 Å². The highest BCUT2D eigenvalue weighted by Gasteiger charge is 2.17. The molecule has 0 fully saturated rings. The highest BCUT2D eigenvalue weighted by atomic mass is 32.1. The summed E-state index contributed by atoms with van der Waals surface area (Å²) in [6.07, 6.45) is 3.51. The minimum Gasteiger partial charge on any atom is -0.465 e. The van der Waals surface area contributed by atoms with Gasteiger partial charge in [0.25, 0.3) is 0 Å². The highest BCUT2D eigenvalue weighted by Crippen LogP contribution is 2.22. The molecular formula is C12H15N3O2S. The Bertz CT molecular complexity index is 507. The van der Waals surface area contributed by atoms with E-state index >= 15 is 0 Å². The summed E-state index contributed by atoms with van der Waals surface area (Å²) in [7, 11) is 0. The van der Waals surface area contributed by atoms with Crippen LogP contribution in [0.2, 0.25) is 0 Å². The number of esters is 1. The lowest BCUT2D eigenvalue weighted by molar-refractivity contribution is -0.145. The average molecular weight is 265 g/mol. The zero-order chi connectivity index (χ0) is 13.0. The predicted molar refractivity (Wildman–Crippen MR) is 70.1 cm³/mol. The van der Waals surface area contributed by atoms with E-state index in [2.05, 4.69) is 4.98 Å². The van der Waals surface area contributed by atoms with Gasteiger partial charge >= 0.3 is 5.97 Å². The van der Waals surface area contributed by atoms with Crippen molar-refractivity contribution in [1.29, 1.82) is 0 Å². The maximum Gasteiger partial charge on any atom is 0.324 e. The van der Waals surface area contributed by atoms with E-state index in [1.165, 1.54) is 0 Å². The standard InChI is InChI=1S/C12H15N3O2S/c1-2-17-12(16)9(13)8-15-6-5-14-11(15)10-4-3-7-18-10/h3-7,9H,2,8,13H2,1H3. The molecule has 0 amide bonds. The molecule has 0 aliphatic carbocycles. The van der Waals surface area contributed by atoms with Crippen LogP contribution in [0.5, 0.6) is 0 Å². The molecule has 0 bridgehead atoms. The summed E-state index contributed by atoms with van der Waals surface area (Å²) >= 11 is 1.60. The fourth-order valence-corrected chi connectivity index (χ4v) is 2.36. The number of imidazole rings is 1. The van der Waals surface area contributed by atoms with Gasteiger partial charge < -0.3 is 15.0 Å². The Morgan fingerprint density at radius 1 is 1.67 bits per heavy atom. The maximum atomic E-state index is 11.5. The summed E-state index contributed by atoms with van der Waals surface area (Å²) < 4.78 is 6.76. The second-order valence-electron chi connectivity index (χ2n) is 3.74. The van der Waals surface area contributed by atoms with Gasteiger partial charge in [0.2, 0.25) is 0 Å². The van der Waals surface area contributed by atoms with Crippen LogP contribution < -0.4 is 5.73 Å². The third-order valence-corrected chi connectivity index (χ3v) is 3.31. The van der Waals surface area contributed by atoms with E-state index in [4.69, 9.17) is 10.5 Å². The summed E-state index contributed by atoms with van der Waals surface area (Å²) in [6, 6.07) is 3.28. The minimum absolute atomic E-state index is 0.342. The first kappa shape index (κ1) is 12.8. The normalized spacial score (nSPS) is 12.3. The number of carbonyl (C=O) groups excluding carboxylic acids is 1. The summed E-state index contributed by atoms with van der Waals surface area (Å²) in [6.45, 7) is 2.47. The fourth-order valence-electron chi connectivity index (χ4n) is 1.62. The third-order valence-electron chi connectivity index (χ3n) is 2.44. The van der Waals surface area contributed by atoms with Gasteiger partial charge in [-0.05, 0) is 18.4 Å². The van der Waals surface area contributed by atoms with Crippen molar-refractivity contribution in [3.8, 4) is 10.7 Å². The second kappa shape index (κ2) is 5.79. The Kier molecular flexibility index (Phi) is 4.11. The molecular weight excluding hydrogens is 250 g/mol. The lowest BCUT2D eigenvalue weighted by Crippen LogP contribution is -2.36. The van der Waals surface area contributed by atoms with Crippen molar-refractivity contribution in [2.24, 2.45) is 5.73 Å². The Balaban J connectivity index is 2.11. The molecule has 2 aromatic rings. The quantitative estimate of drug-likeness (QED) is 0.832. The van der Waals surface area contributed by atoms with Gasteiger partial charge in [-0.25, -0.2) is 4.98 Å². The average Bonchev–Trinajstić information content (AvgIpc) is 2.98. The van der Waals surface area contributed by atoms with Crippen molar-refractivity contribution in [2.75, 3.05) is 6.61 Å². The van der Waals surface area contributed by atoms with Crippen molar-refractivity contribution in [1.82, 2.24) is 9.55 Å². The molecule has 18 heavy (non-hydrogen) atoms. The van der Waals surface area contributed by atoms with Crippen LogP contribution in [0.25, 0.3) is 10.7 Å². The molecule has 2 N–H and O–H groups in total. The van der Waals surface area contributed by atoms with Gasteiger partial charge in [-0.1, -0.05) is 6.07 Å². The summed E-state index contributed by atoms with van der Waals surface area (Å²) in [5, 5.41) is 1.99. The molecule has 0 aliphatic heterocycles. The van der Waals surface area contributed by atoms with Gasteiger partial charge in [0, 0.05) is 12.4 Å². The number of nitrogens with two attached hydrogens (primary N) is 1. The molecule has 0 saturated heterocycles. The molecule has 2 heterocycles. The fraction of sp³-hybridized carbons (Fsp3) is 0.333. The number of ether oxygens (including phenoxy) is 1. The first-order valence-electron chi connectivity index (χ1n) is 5.69. The zero-order valence-electron chi connectivity index (χ0n) is 10.1. The van der Waals surface area contributed by atoms with E-state index in [1.54, 1.807) is 24.5 Å². The molecule has 0 saturated carbocycles. The van der Waals surface area contributed by atoms with E-state index in [0.717, 1.165) is 10.7 Å². The van der Waals surface area contributed by atoms with Crippen LogP contribution in [0.4, 0.5) is 0 Å². The third kappa shape index (κ3) is 2.77. The van der Waals surface area contributed by atoms with E-state index in [-0.39, 0.29) is 5.97 Å². The van der Waals surface area contributed by atoms with E-state index in [9.17, 15) is 4.79 Å². The van der Waals surface area contributed by atoms with Crippen molar-refractivity contribution >= 4 is 17.3 Å². The molecule has 2 rings (SSSR count). The lowest BCUT2D eigenvalue weighted by atomic mass is 10.3. The van der Waals surface area contributed by atoms with Gasteiger partial charge in [-0.2, -0.15) is 0 Å². The SMILES string of the molecule is CCOC(=O)C(N)Cn1ccnc1-c1cccs1. The second-order valence-corrected chi connectivity index (χ2v) is 4.69. The van der Waals surface area contributed by atoms with E-state index in [1.807, 2.05) is 28.3 Å². The summed E-state index contributed by atoms with van der Waals surface area (Å²) in [5.74, 6) is 0.438. The molecule has 0 aliphatic rings. The number of carbonyl (C=O) groups is 1. The van der Waals surface area contributed by atoms with Gasteiger partial charge in [-0.3, -0.25) is 4.79 Å². The smallest absolute Gasteiger partial charge is 0.324 e. The number of thiophene rings is 1. The van der Waals surface area contributed by atoms with Crippen molar-refractivity contribution in [3.63, 3.8) is 0 Å². The lowest BCUT2D eigenvalue weighted by Gasteiger charge is -2.12. The number of hydrogen-bond donors (Lipinski definition) is 1. The van der Waals surface area contributed by atoms with Crippen molar-refractivity contribution in [2.45, 2.75) is 19.5 Å². The molecule has 1 atom stereocenters. The topological polar surface area (TPSA) is 70.1 Å². The van der Waals surface area contributed by atoms with Gasteiger partial charge in [-0.15, -0.1) is 11.3 Å². The van der Waals surface area contributed by atoms with Crippen LogP contribution in [0, 0.1) is 0 Å². The number of rotatable bonds is 5. The molecule has 0 radical (unpaired) electrons. The molecule has 2 aromatic heterocycles. The summed E-state index contributed by atoms with van der Waals surface area (Å²) in [5.41, 5.74) is 5.80. The molecule has 1 unspecified atom stereocenters. The largest absolute Gasteiger partial charge is 0.465 e. The number of nitrogens with zero attached hydrogens (tertiary/aromatic N) is 2. The number of hydrogen-bond acceptors (Lipinski definition) is 5. The minimum atomic E-state index is -0.669. The summed E-state index contributed by atoms with van der Waals surface area (Å²) in [4.78, 5) is 16.8. The van der Waals surface area contributed by atoms with Gasteiger partial charge in [0.1, 0.15) is 11.9 Å². The van der Waals surface area contributed by atoms with Crippen LogP contribution in [-0.4, -0.2) is 28.2 Å². The Morgan fingerprint density at radius 2 is 2.50 bits per heavy atom. The predicted octanol–water partition coefficient (Wildman–Crippen LogP) is 1.50. The molecule has 6 heteroatoms. The Labute approximate surface area is 109 Å². The molecule has 0 spiro atoms. The first-order chi connectivity index (χ1) is 8.72. The molecule has 0 aromatic carbocycles. The maximum absolute atomic E-state index is 11.5. The van der Waals surface area contributed by atoms with Crippen molar-refractivity contribution < 1.29 is 9.53 Å². The van der Waals surface area contributed by atoms with Gasteiger partial charge in [0.15, 0.2) is 0 Å². The van der Waals surface area contributed by atoms with Crippen molar-refractivity contribution in [3.05, 3.63) is 29.9 Å². The highest BCUT2D eigenvalue weighted by molar-refractivity contribution is 7.13. The van der Waals surface area contributed by atoms with E-state index < -0.39 is 6.04 Å². The Morgan fingerprint density at radius 3 is 3.17 bits per heavy atom. The van der Waals surface area contributed by atoms with Crippen LogP contribution in [0.1, 0.15) is 6.92 Å². The van der Waals surface area contributed by atoms with E-state index in [0.29, 0.717) is 13.2 Å². The van der Waals surface area contributed by atoms with Crippen LogP contribution in [0.15, 0.2) is 29.9 Å². The first-order valence-corrected chi connectivity index (χ1v) is 6.57. The monoisotopic (exact) mass is 265 g/mol. The Hall–Kier alpha value is -1.66. The number of aromatic nitrogens is 2. The van der Waals surface area contributed by atoms with Crippen LogP contribution in [0.3, 0.4) is 0 Å². The molecule has 5 nitrogen and oxygen atoms in total. The zero-order valence-corrected chi connectivity index (χ0v) is 10.9.